The van der Waals surface area contributed by atoms with Crippen LogP contribution in [0, 0.1) is 0 Å². The number of benzene rings is 1. The molecule has 0 aliphatic carbocycles. The normalized spacial score (nSPS) is 11.8. The van der Waals surface area contributed by atoms with E-state index in [1.165, 1.54) is 18.5 Å². The Morgan fingerprint density at radius 2 is 2.00 bits per heavy atom. The van der Waals surface area contributed by atoms with Crippen molar-refractivity contribution in [2.45, 2.75) is 46.0 Å². The van der Waals surface area contributed by atoms with E-state index >= 15 is 0 Å². The number of para-hydroxylation sites is 2. The molecule has 0 saturated heterocycles. The minimum atomic E-state index is 0.378. The molecule has 104 valence electrons. The van der Waals surface area contributed by atoms with Gasteiger partial charge in [0.15, 0.2) is 5.65 Å². The van der Waals surface area contributed by atoms with Crippen LogP contribution in [-0.4, -0.2) is 14.4 Å². The summed E-state index contributed by atoms with van der Waals surface area (Å²) in [4.78, 5) is 9.46. The summed E-state index contributed by atoms with van der Waals surface area (Å²) in [5.41, 5.74) is 5.62. The second-order valence-electron chi connectivity index (χ2n) is 5.65. The van der Waals surface area contributed by atoms with Crippen LogP contribution in [0.4, 0.5) is 0 Å². The van der Waals surface area contributed by atoms with Crippen LogP contribution < -0.4 is 0 Å². The van der Waals surface area contributed by atoms with E-state index in [2.05, 4.69) is 48.4 Å². The molecule has 0 bridgehead atoms. The van der Waals surface area contributed by atoms with Gasteiger partial charge in [-0.2, -0.15) is 0 Å². The number of imidazole rings is 1. The Hall–Kier alpha value is -1.90. The summed E-state index contributed by atoms with van der Waals surface area (Å²) in [5, 5.41) is 0. The summed E-state index contributed by atoms with van der Waals surface area (Å²) in [7, 11) is 0. The number of aromatic nitrogens is 3. The Labute approximate surface area is 119 Å². The molecule has 0 saturated carbocycles. The second kappa shape index (κ2) is 5.23. The topological polar surface area (TPSA) is 30.2 Å². The van der Waals surface area contributed by atoms with Crippen molar-refractivity contribution in [1.82, 2.24) is 14.4 Å². The lowest BCUT2D eigenvalue weighted by molar-refractivity contribution is 0.770. The molecule has 0 N–H and O–H groups in total. The molecule has 1 aromatic carbocycles. The van der Waals surface area contributed by atoms with Gasteiger partial charge in [0.1, 0.15) is 0 Å². The average molecular weight is 267 g/mol. The molecule has 0 radical (unpaired) electrons. The Bertz CT molecular complexity index is 740. The molecular formula is C17H21N3. The zero-order valence-electron chi connectivity index (χ0n) is 12.4. The molecule has 2 aromatic heterocycles. The molecule has 2 heterocycles. The molecule has 3 aromatic rings. The predicted molar refractivity (Wildman–Crippen MR) is 83.2 cm³/mol. The maximum absolute atomic E-state index is 4.81. The monoisotopic (exact) mass is 267 g/mol. The fourth-order valence-corrected chi connectivity index (χ4v) is 2.69. The van der Waals surface area contributed by atoms with Gasteiger partial charge >= 0.3 is 0 Å². The van der Waals surface area contributed by atoms with Crippen LogP contribution >= 0.6 is 0 Å². The molecule has 0 amide bonds. The van der Waals surface area contributed by atoms with Crippen LogP contribution in [0.15, 0.2) is 30.5 Å². The first-order valence-electron chi connectivity index (χ1n) is 7.47. The average Bonchev–Trinajstić information content (AvgIpc) is 2.88. The summed E-state index contributed by atoms with van der Waals surface area (Å²) in [6, 6.07) is 8.34. The van der Waals surface area contributed by atoms with Gasteiger partial charge in [0.05, 0.1) is 16.7 Å². The highest BCUT2D eigenvalue weighted by Crippen LogP contribution is 2.24. The molecule has 0 unspecified atom stereocenters. The minimum absolute atomic E-state index is 0.378. The third-order valence-corrected chi connectivity index (χ3v) is 3.76. The Kier molecular flexibility index (Phi) is 3.43. The Morgan fingerprint density at radius 3 is 2.75 bits per heavy atom. The van der Waals surface area contributed by atoms with E-state index in [4.69, 9.17) is 4.98 Å². The number of unbranched alkanes of at least 4 members (excludes halogenated alkanes) is 1. The molecule has 3 nitrogen and oxygen atoms in total. The van der Waals surface area contributed by atoms with Crippen molar-refractivity contribution < 1.29 is 0 Å². The van der Waals surface area contributed by atoms with Crippen molar-refractivity contribution in [3.63, 3.8) is 0 Å². The first-order valence-corrected chi connectivity index (χ1v) is 7.47. The molecule has 0 atom stereocenters. The molecule has 0 spiro atoms. The van der Waals surface area contributed by atoms with Gasteiger partial charge in [0, 0.05) is 11.9 Å². The van der Waals surface area contributed by atoms with E-state index in [1.807, 2.05) is 12.3 Å². The third-order valence-electron chi connectivity index (χ3n) is 3.76. The summed E-state index contributed by atoms with van der Waals surface area (Å²) < 4.78 is 2.30. The highest BCUT2D eigenvalue weighted by Gasteiger charge is 2.15. The van der Waals surface area contributed by atoms with Crippen LogP contribution in [0.25, 0.3) is 16.7 Å². The van der Waals surface area contributed by atoms with Crippen LogP contribution in [0.1, 0.15) is 50.9 Å². The van der Waals surface area contributed by atoms with Crippen molar-refractivity contribution >= 4 is 16.7 Å². The number of fused-ring (bicyclic) bond motifs is 3. The van der Waals surface area contributed by atoms with Crippen LogP contribution in [0.3, 0.4) is 0 Å². The van der Waals surface area contributed by atoms with Crippen LogP contribution in [0.2, 0.25) is 0 Å². The van der Waals surface area contributed by atoms with Crippen molar-refractivity contribution in [3.8, 4) is 0 Å². The van der Waals surface area contributed by atoms with E-state index in [9.17, 15) is 0 Å². The molecule has 0 aliphatic rings. The first-order chi connectivity index (χ1) is 9.72. The number of hydrogen-bond donors (Lipinski definition) is 0. The van der Waals surface area contributed by atoms with Crippen molar-refractivity contribution in [3.05, 3.63) is 41.9 Å². The highest BCUT2D eigenvalue weighted by atomic mass is 15.0. The molecule has 20 heavy (non-hydrogen) atoms. The van der Waals surface area contributed by atoms with Crippen molar-refractivity contribution in [2.75, 3.05) is 0 Å². The maximum atomic E-state index is 4.81. The molecule has 3 heteroatoms. The fourth-order valence-electron chi connectivity index (χ4n) is 2.69. The lowest BCUT2D eigenvalue weighted by Crippen LogP contribution is -2.03. The predicted octanol–water partition coefficient (Wildman–Crippen LogP) is 4.35. The lowest BCUT2D eigenvalue weighted by Gasteiger charge is -2.11. The molecule has 3 rings (SSSR count). The highest BCUT2D eigenvalue weighted by molar-refractivity contribution is 5.79. The minimum Gasteiger partial charge on any atom is -0.294 e. The van der Waals surface area contributed by atoms with Gasteiger partial charge in [-0.05, 0) is 30.9 Å². The summed E-state index contributed by atoms with van der Waals surface area (Å²) >= 11 is 0. The van der Waals surface area contributed by atoms with E-state index in [0.717, 1.165) is 28.8 Å². The SMILES string of the molecule is CCCCc1cnc2c(C(C)C)nc3ccccc3n12. The zero-order chi connectivity index (χ0) is 14.1. The van der Waals surface area contributed by atoms with Gasteiger partial charge in [0.2, 0.25) is 0 Å². The van der Waals surface area contributed by atoms with Crippen molar-refractivity contribution in [1.29, 1.82) is 0 Å². The van der Waals surface area contributed by atoms with E-state index in [0.29, 0.717) is 5.92 Å². The summed E-state index contributed by atoms with van der Waals surface area (Å²) in [5.74, 6) is 0.378. The third kappa shape index (κ3) is 2.07. The number of aryl methyl sites for hydroxylation is 1. The zero-order valence-corrected chi connectivity index (χ0v) is 12.4. The quantitative estimate of drug-likeness (QED) is 0.703. The second-order valence-corrected chi connectivity index (χ2v) is 5.65. The van der Waals surface area contributed by atoms with E-state index in [1.54, 1.807) is 0 Å². The molecule has 0 aliphatic heterocycles. The van der Waals surface area contributed by atoms with Gasteiger partial charge in [0.25, 0.3) is 0 Å². The standard InChI is InChI=1S/C17H21N3/c1-4-5-8-13-11-18-17-16(12(2)3)19-14-9-6-7-10-15(14)20(13)17/h6-7,9-12H,4-5,8H2,1-3H3. The van der Waals surface area contributed by atoms with Gasteiger partial charge in [-0.3, -0.25) is 4.40 Å². The Morgan fingerprint density at radius 1 is 1.20 bits per heavy atom. The lowest BCUT2D eigenvalue weighted by atomic mass is 10.1. The van der Waals surface area contributed by atoms with Gasteiger partial charge in [-0.15, -0.1) is 0 Å². The van der Waals surface area contributed by atoms with Crippen molar-refractivity contribution in [2.24, 2.45) is 0 Å². The van der Waals surface area contributed by atoms with Gasteiger partial charge in [-0.1, -0.05) is 39.3 Å². The summed E-state index contributed by atoms with van der Waals surface area (Å²) in [6.45, 7) is 6.58. The van der Waals surface area contributed by atoms with Gasteiger partial charge in [-0.25, -0.2) is 9.97 Å². The smallest absolute Gasteiger partial charge is 0.159 e. The molecular weight excluding hydrogens is 246 g/mol. The maximum Gasteiger partial charge on any atom is 0.159 e. The number of rotatable bonds is 4. The van der Waals surface area contributed by atoms with E-state index < -0.39 is 0 Å². The van der Waals surface area contributed by atoms with E-state index in [-0.39, 0.29) is 0 Å². The largest absolute Gasteiger partial charge is 0.294 e. The first kappa shape index (κ1) is 13.1. The summed E-state index contributed by atoms with van der Waals surface area (Å²) in [6.07, 6.45) is 5.49. The number of hydrogen-bond acceptors (Lipinski definition) is 2. The van der Waals surface area contributed by atoms with Gasteiger partial charge < -0.3 is 0 Å². The Balaban J connectivity index is 2.34. The molecule has 0 fully saturated rings. The van der Waals surface area contributed by atoms with Crippen LogP contribution in [-0.2, 0) is 6.42 Å². The fraction of sp³-hybridized carbons (Fsp3) is 0.412. The number of nitrogens with zero attached hydrogens (tertiary/aromatic N) is 3. The van der Waals surface area contributed by atoms with Crippen LogP contribution in [0.5, 0.6) is 0 Å².